The number of hydrogen-bond donors (Lipinski definition) is 2. The van der Waals surface area contributed by atoms with Crippen LogP contribution in [0.2, 0.25) is 0 Å². The lowest BCUT2D eigenvalue weighted by Gasteiger charge is -2.37. The average molecular weight is 377 g/mol. The van der Waals surface area contributed by atoms with E-state index in [0.29, 0.717) is 18.4 Å². The van der Waals surface area contributed by atoms with Crippen LogP contribution in [0, 0.1) is 0 Å². The summed E-state index contributed by atoms with van der Waals surface area (Å²) in [4.78, 5) is 13.0. The molecule has 1 heterocycles. The number of carbonyl (C=O) groups excluding carboxylic acids is 1. The molecule has 1 atom stereocenters. The normalized spacial score (nSPS) is 22.9. The van der Waals surface area contributed by atoms with E-state index in [2.05, 4.69) is 10.6 Å². The fourth-order valence-corrected chi connectivity index (χ4v) is 3.90. The molecule has 1 saturated heterocycles. The van der Waals surface area contributed by atoms with E-state index in [-0.39, 0.29) is 24.4 Å². The maximum Gasteiger partial charge on any atom is 0.416 e. The molecule has 1 aliphatic carbocycles. The van der Waals surface area contributed by atoms with Crippen molar-refractivity contribution in [3.05, 3.63) is 35.4 Å². The highest BCUT2D eigenvalue weighted by Crippen LogP contribution is 2.41. The summed E-state index contributed by atoms with van der Waals surface area (Å²) in [6.45, 7) is 1.59. The molecule has 0 aromatic heterocycles. The first-order chi connectivity index (χ1) is 11.4. The molecule has 2 aliphatic rings. The Bertz CT molecular complexity index is 594. The Kier molecular flexibility index (Phi) is 6.38. The van der Waals surface area contributed by atoms with Gasteiger partial charge in [-0.15, -0.1) is 12.4 Å². The SMILES string of the molecule is Cl.O=C(NC1CCNC1)C1(c2cccc(C(F)(F)F)c2)CCCCC1. The minimum Gasteiger partial charge on any atom is -0.351 e. The van der Waals surface area contributed by atoms with Crippen LogP contribution in [0.3, 0.4) is 0 Å². The van der Waals surface area contributed by atoms with E-state index < -0.39 is 17.2 Å². The molecule has 2 fully saturated rings. The summed E-state index contributed by atoms with van der Waals surface area (Å²) in [7, 11) is 0. The van der Waals surface area contributed by atoms with Crippen molar-refractivity contribution in [1.29, 1.82) is 0 Å². The lowest BCUT2D eigenvalue weighted by molar-refractivity contribution is -0.138. The van der Waals surface area contributed by atoms with E-state index in [9.17, 15) is 18.0 Å². The molecule has 7 heteroatoms. The van der Waals surface area contributed by atoms with Gasteiger partial charge in [0.05, 0.1) is 11.0 Å². The maximum atomic E-state index is 13.1. The Hall–Kier alpha value is -1.27. The second-order valence-electron chi connectivity index (χ2n) is 6.88. The molecule has 25 heavy (non-hydrogen) atoms. The molecule has 0 radical (unpaired) electrons. The Labute approximate surface area is 152 Å². The van der Waals surface area contributed by atoms with Crippen molar-refractivity contribution in [2.75, 3.05) is 13.1 Å². The van der Waals surface area contributed by atoms with E-state index in [0.717, 1.165) is 50.9 Å². The van der Waals surface area contributed by atoms with E-state index in [1.165, 1.54) is 6.07 Å². The number of alkyl halides is 3. The van der Waals surface area contributed by atoms with Crippen LogP contribution in [-0.4, -0.2) is 25.0 Å². The molecule has 1 amide bonds. The predicted octanol–water partition coefficient (Wildman–Crippen LogP) is 3.81. The standard InChI is InChI=1S/C18H23F3N2O.ClH/c19-18(20,21)14-6-4-5-13(11-14)17(8-2-1-3-9-17)16(24)23-15-7-10-22-12-15;/h4-6,11,15,22H,1-3,7-10,12H2,(H,23,24);1H. The molecule has 1 aliphatic heterocycles. The van der Waals surface area contributed by atoms with E-state index in [1.807, 2.05) is 0 Å². The molecule has 1 unspecified atom stereocenters. The van der Waals surface area contributed by atoms with Crippen LogP contribution in [0.1, 0.15) is 49.7 Å². The smallest absolute Gasteiger partial charge is 0.351 e. The van der Waals surface area contributed by atoms with Crippen molar-refractivity contribution in [3.8, 4) is 0 Å². The molecule has 1 aromatic rings. The van der Waals surface area contributed by atoms with E-state index in [4.69, 9.17) is 0 Å². The number of amides is 1. The monoisotopic (exact) mass is 376 g/mol. The summed E-state index contributed by atoms with van der Waals surface area (Å²) >= 11 is 0. The summed E-state index contributed by atoms with van der Waals surface area (Å²) in [6, 6.07) is 5.39. The Morgan fingerprint density at radius 3 is 2.52 bits per heavy atom. The third-order valence-electron chi connectivity index (χ3n) is 5.28. The van der Waals surface area contributed by atoms with E-state index in [1.54, 1.807) is 6.07 Å². The Balaban J connectivity index is 0.00000225. The molecular formula is C18H24ClF3N2O. The zero-order valence-electron chi connectivity index (χ0n) is 14.0. The van der Waals surface area contributed by atoms with Gasteiger partial charge < -0.3 is 10.6 Å². The second-order valence-corrected chi connectivity index (χ2v) is 6.88. The van der Waals surface area contributed by atoms with Crippen LogP contribution >= 0.6 is 12.4 Å². The Morgan fingerprint density at radius 2 is 1.92 bits per heavy atom. The second kappa shape index (κ2) is 7.96. The van der Waals surface area contributed by atoms with Crippen molar-refractivity contribution in [2.45, 2.75) is 56.2 Å². The molecule has 1 aromatic carbocycles. The lowest BCUT2D eigenvalue weighted by Crippen LogP contribution is -2.49. The highest BCUT2D eigenvalue weighted by molar-refractivity contribution is 5.88. The first-order valence-electron chi connectivity index (χ1n) is 8.61. The van der Waals surface area contributed by atoms with Crippen LogP contribution in [0.5, 0.6) is 0 Å². The van der Waals surface area contributed by atoms with Crippen LogP contribution in [0.15, 0.2) is 24.3 Å². The fourth-order valence-electron chi connectivity index (χ4n) is 3.90. The lowest BCUT2D eigenvalue weighted by atomic mass is 9.68. The highest BCUT2D eigenvalue weighted by Gasteiger charge is 2.43. The van der Waals surface area contributed by atoms with Gasteiger partial charge in [0.2, 0.25) is 5.91 Å². The zero-order chi connectivity index (χ0) is 17.2. The molecule has 3 nitrogen and oxygen atoms in total. The quantitative estimate of drug-likeness (QED) is 0.842. The zero-order valence-corrected chi connectivity index (χ0v) is 14.8. The number of rotatable bonds is 3. The van der Waals surface area contributed by atoms with Crippen molar-refractivity contribution in [3.63, 3.8) is 0 Å². The molecular weight excluding hydrogens is 353 g/mol. The molecule has 2 N–H and O–H groups in total. The molecule has 0 spiro atoms. The number of carbonyl (C=O) groups is 1. The number of benzene rings is 1. The number of hydrogen-bond acceptors (Lipinski definition) is 2. The van der Waals surface area contributed by atoms with Gasteiger partial charge in [0.25, 0.3) is 0 Å². The topological polar surface area (TPSA) is 41.1 Å². The summed E-state index contributed by atoms with van der Waals surface area (Å²) in [5.41, 5.74) is -1.01. The molecule has 0 bridgehead atoms. The first-order valence-corrected chi connectivity index (χ1v) is 8.61. The van der Waals surface area contributed by atoms with Crippen LogP contribution in [0.25, 0.3) is 0 Å². The van der Waals surface area contributed by atoms with Crippen LogP contribution in [-0.2, 0) is 16.4 Å². The van der Waals surface area contributed by atoms with Crippen molar-refractivity contribution in [2.24, 2.45) is 0 Å². The van der Waals surface area contributed by atoms with Gasteiger partial charge in [-0.25, -0.2) is 0 Å². The average Bonchev–Trinajstić information content (AvgIpc) is 3.08. The van der Waals surface area contributed by atoms with Crippen LogP contribution in [0.4, 0.5) is 13.2 Å². The third kappa shape index (κ3) is 4.29. The van der Waals surface area contributed by atoms with E-state index >= 15 is 0 Å². The van der Waals surface area contributed by atoms with Gasteiger partial charge >= 0.3 is 6.18 Å². The minimum atomic E-state index is -4.39. The van der Waals surface area contributed by atoms with Gasteiger partial charge in [-0.2, -0.15) is 13.2 Å². The van der Waals surface area contributed by atoms with Gasteiger partial charge in [0.1, 0.15) is 0 Å². The molecule has 3 rings (SSSR count). The predicted molar refractivity (Wildman–Crippen MR) is 92.9 cm³/mol. The Morgan fingerprint density at radius 1 is 1.20 bits per heavy atom. The van der Waals surface area contributed by atoms with Gasteiger partial charge in [0.15, 0.2) is 0 Å². The highest BCUT2D eigenvalue weighted by atomic mass is 35.5. The van der Waals surface area contributed by atoms with Gasteiger partial charge in [-0.1, -0.05) is 37.5 Å². The molecule has 1 saturated carbocycles. The van der Waals surface area contributed by atoms with Gasteiger partial charge in [0, 0.05) is 12.6 Å². The van der Waals surface area contributed by atoms with Gasteiger partial charge in [-0.3, -0.25) is 4.79 Å². The third-order valence-corrected chi connectivity index (χ3v) is 5.28. The first kappa shape index (κ1) is 20.0. The fraction of sp³-hybridized carbons (Fsp3) is 0.611. The van der Waals surface area contributed by atoms with Crippen LogP contribution < -0.4 is 10.6 Å². The number of halogens is 4. The van der Waals surface area contributed by atoms with Crippen molar-refractivity contribution >= 4 is 18.3 Å². The summed E-state index contributed by atoms with van der Waals surface area (Å²) in [5, 5.41) is 6.26. The largest absolute Gasteiger partial charge is 0.416 e. The number of nitrogens with one attached hydrogen (secondary N) is 2. The van der Waals surface area contributed by atoms with Crippen molar-refractivity contribution in [1.82, 2.24) is 10.6 Å². The summed E-state index contributed by atoms with van der Waals surface area (Å²) in [6.07, 6.45) is 0.459. The summed E-state index contributed by atoms with van der Waals surface area (Å²) in [5.74, 6) is -0.116. The van der Waals surface area contributed by atoms with Crippen molar-refractivity contribution < 1.29 is 18.0 Å². The maximum absolute atomic E-state index is 13.1. The summed E-state index contributed by atoms with van der Waals surface area (Å²) < 4.78 is 39.2. The molecule has 140 valence electrons. The van der Waals surface area contributed by atoms with Gasteiger partial charge in [-0.05, 0) is 37.4 Å². The minimum absolute atomic E-state index is 0.